The Morgan fingerprint density at radius 2 is 2.18 bits per heavy atom. The Bertz CT molecular complexity index is 692. The molecule has 1 aromatic carbocycles. The van der Waals surface area contributed by atoms with E-state index < -0.39 is 0 Å². The molecule has 4 heteroatoms. The number of hydrogen-bond donors (Lipinski definition) is 0. The molecule has 0 N–H and O–H groups in total. The molecule has 1 aromatic heterocycles. The highest BCUT2D eigenvalue weighted by atomic mass is 16.2. The number of fused-ring (bicyclic) bond motifs is 1. The van der Waals surface area contributed by atoms with Crippen molar-refractivity contribution in [3.05, 3.63) is 30.6 Å². The van der Waals surface area contributed by atoms with Crippen molar-refractivity contribution in [3.63, 3.8) is 0 Å². The smallest absolute Gasteiger partial charge is 0.225 e. The first-order chi connectivity index (χ1) is 10.7. The van der Waals surface area contributed by atoms with E-state index >= 15 is 0 Å². The van der Waals surface area contributed by atoms with Crippen LogP contribution in [0.4, 0.5) is 0 Å². The number of nitrogens with zero attached hydrogens (tertiary/aromatic N) is 3. The van der Waals surface area contributed by atoms with E-state index in [0.29, 0.717) is 23.7 Å². The summed E-state index contributed by atoms with van der Waals surface area (Å²) in [4.78, 5) is 19.0. The molecule has 2 aliphatic rings. The van der Waals surface area contributed by atoms with Gasteiger partial charge in [-0.1, -0.05) is 19.1 Å². The van der Waals surface area contributed by atoms with Crippen LogP contribution in [-0.4, -0.2) is 33.4 Å². The van der Waals surface area contributed by atoms with Gasteiger partial charge in [-0.25, -0.2) is 4.98 Å². The van der Waals surface area contributed by atoms with Gasteiger partial charge in [0.25, 0.3) is 0 Å². The predicted molar refractivity (Wildman–Crippen MR) is 86.3 cm³/mol. The van der Waals surface area contributed by atoms with Gasteiger partial charge >= 0.3 is 0 Å². The summed E-state index contributed by atoms with van der Waals surface area (Å²) in [6.07, 6.45) is 5.36. The molecule has 4 nitrogen and oxygen atoms in total. The lowest BCUT2D eigenvalue weighted by Gasteiger charge is -2.33. The van der Waals surface area contributed by atoms with Crippen molar-refractivity contribution < 1.29 is 4.79 Å². The molecule has 2 aromatic rings. The Balaban J connectivity index is 1.45. The van der Waals surface area contributed by atoms with Gasteiger partial charge < -0.3 is 9.47 Å². The molecular formula is C18H23N3O. The molecule has 4 rings (SSSR count). The molecule has 1 aliphatic heterocycles. The fraction of sp³-hybridized carbons (Fsp3) is 0.556. The van der Waals surface area contributed by atoms with E-state index in [1.165, 1.54) is 11.9 Å². The average Bonchev–Trinajstić information content (AvgIpc) is 3.14. The number of benzene rings is 1. The Kier molecular flexibility index (Phi) is 3.40. The third-order valence-corrected chi connectivity index (χ3v) is 5.24. The van der Waals surface area contributed by atoms with Crippen LogP contribution in [0.5, 0.6) is 0 Å². The number of likely N-dealkylation sites (tertiary alicyclic amines) is 1. The monoisotopic (exact) mass is 297 g/mol. The molecule has 0 bridgehead atoms. The van der Waals surface area contributed by atoms with Crippen LogP contribution in [0.1, 0.15) is 26.2 Å². The number of hydrogen-bond acceptors (Lipinski definition) is 2. The third kappa shape index (κ3) is 2.51. The van der Waals surface area contributed by atoms with E-state index in [4.69, 9.17) is 0 Å². The fourth-order valence-electron chi connectivity index (χ4n) is 3.75. The number of carbonyl (C=O) groups excluding carboxylic acids is 1. The lowest BCUT2D eigenvalue weighted by molar-refractivity contribution is -0.134. The van der Waals surface area contributed by atoms with Crippen LogP contribution < -0.4 is 0 Å². The second kappa shape index (κ2) is 5.41. The van der Waals surface area contributed by atoms with Crippen LogP contribution >= 0.6 is 0 Å². The Hall–Kier alpha value is -1.84. The summed E-state index contributed by atoms with van der Waals surface area (Å²) in [5.41, 5.74) is 2.25. The van der Waals surface area contributed by atoms with Crippen LogP contribution in [0, 0.1) is 17.8 Å². The van der Waals surface area contributed by atoms with Crippen molar-refractivity contribution in [2.75, 3.05) is 13.1 Å². The van der Waals surface area contributed by atoms with Gasteiger partial charge in [0.05, 0.1) is 17.4 Å². The SMILES string of the molecule is C[C@@H]1C[C@@H]1C(=O)N1CCC[C@H](Cn2cnc3ccccc32)C1. The van der Waals surface area contributed by atoms with Gasteiger partial charge in [-0.15, -0.1) is 0 Å². The molecule has 116 valence electrons. The van der Waals surface area contributed by atoms with E-state index in [0.717, 1.165) is 38.0 Å². The first-order valence-electron chi connectivity index (χ1n) is 8.41. The summed E-state index contributed by atoms with van der Waals surface area (Å²) < 4.78 is 2.24. The molecule has 0 unspecified atom stereocenters. The lowest BCUT2D eigenvalue weighted by Crippen LogP contribution is -2.42. The molecule has 1 saturated heterocycles. The van der Waals surface area contributed by atoms with Gasteiger partial charge in [-0.05, 0) is 43.2 Å². The summed E-state index contributed by atoms with van der Waals surface area (Å²) in [6.45, 7) is 5.00. The Labute approximate surface area is 131 Å². The number of carbonyl (C=O) groups is 1. The molecule has 2 fully saturated rings. The largest absolute Gasteiger partial charge is 0.342 e. The van der Waals surface area contributed by atoms with Gasteiger partial charge in [0.1, 0.15) is 0 Å². The number of aromatic nitrogens is 2. The maximum Gasteiger partial charge on any atom is 0.225 e. The highest BCUT2D eigenvalue weighted by Crippen LogP contribution is 2.40. The summed E-state index contributed by atoms with van der Waals surface area (Å²) >= 11 is 0. The van der Waals surface area contributed by atoms with E-state index in [-0.39, 0.29) is 0 Å². The fourth-order valence-corrected chi connectivity index (χ4v) is 3.75. The zero-order chi connectivity index (χ0) is 15.1. The van der Waals surface area contributed by atoms with Crippen molar-refractivity contribution >= 4 is 16.9 Å². The average molecular weight is 297 g/mol. The molecule has 2 heterocycles. The minimum atomic E-state index is 0.313. The zero-order valence-corrected chi connectivity index (χ0v) is 13.1. The number of amides is 1. The predicted octanol–water partition coefficient (Wildman–Crippen LogP) is 2.93. The molecule has 0 radical (unpaired) electrons. The number of piperidine rings is 1. The van der Waals surface area contributed by atoms with Crippen LogP contribution in [0.3, 0.4) is 0 Å². The second-order valence-electron chi connectivity index (χ2n) is 7.00. The maximum atomic E-state index is 12.4. The van der Waals surface area contributed by atoms with E-state index in [1.54, 1.807) is 0 Å². The van der Waals surface area contributed by atoms with Gasteiger partial charge in [0, 0.05) is 25.6 Å². The first kappa shape index (κ1) is 13.8. The third-order valence-electron chi connectivity index (χ3n) is 5.24. The highest BCUT2D eigenvalue weighted by molar-refractivity contribution is 5.81. The lowest BCUT2D eigenvalue weighted by atomic mass is 9.97. The van der Waals surface area contributed by atoms with Gasteiger partial charge in [0.2, 0.25) is 5.91 Å². The number of para-hydroxylation sites is 2. The van der Waals surface area contributed by atoms with E-state index in [2.05, 4.69) is 39.6 Å². The standard InChI is InChI=1S/C18H23N3O/c1-13-9-15(13)18(22)20-8-4-5-14(10-20)11-21-12-19-16-6-2-3-7-17(16)21/h2-3,6-7,12-15H,4-5,8-11H2,1H3/t13-,14+,15+/m1/s1. The quantitative estimate of drug-likeness (QED) is 0.873. The molecule has 0 spiro atoms. The van der Waals surface area contributed by atoms with Crippen LogP contribution in [-0.2, 0) is 11.3 Å². The van der Waals surface area contributed by atoms with Crippen molar-refractivity contribution in [1.29, 1.82) is 0 Å². The second-order valence-corrected chi connectivity index (χ2v) is 7.00. The molecule has 1 amide bonds. The summed E-state index contributed by atoms with van der Waals surface area (Å²) in [5.74, 6) is 1.86. The zero-order valence-electron chi connectivity index (χ0n) is 13.1. The topological polar surface area (TPSA) is 38.1 Å². The number of rotatable bonds is 3. The minimum absolute atomic E-state index is 0.313. The van der Waals surface area contributed by atoms with Gasteiger partial charge in [0.15, 0.2) is 0 Å². The van der Waals surface area contributed by atoms with Gasteiger partial charge in [-0.3, -0.25) is 4.79 Å². The van der Waals surface area contributed by atoms with E-state index in [1.807, 2.05) is 12.4 Å². The maximum absolute atomic E-state index is 12.4. The first-order valence-corrected chi connectivity index (χ1v) is 8.41. The number of imidazole rings is 1. The van der Waals surface area contributed by atoms with Gasteiger partial charge in [-0.2, -0.15) is 0 Å². The van der Waals surface area contributed by atoms with Crippen LogP contribution in [0.15, 0.2) is 30.6 Å². The van der Waals surface area contributed by atoms with Crippen molar-refractivity contribution in [3.8, 4) is 0 Å². The van der Waals surface area contributed by atoms with Crippen molar-refractivity contribution in [2.45, 2.75) is 32.7 Å². The van der Waals surface area contributed by atoms with Crippen molar-refractivity contribution in [1.82, 2.24) is 14.5 Å². The normalized spacial score (nSPS) is 28.0. The highest BCUT2D eigenvalue weighted by Gasteiger charge is 2.42. The molecular weight excluding hydrogens is 274 g/mol. The van der Waals surface area contributed by atoms with Crippen LogP contribution in [0.25, 0.3) is 11.0 Å². The minimum Gasteiger partial charge on any atom is -0.342 e. The molecule has 1 saturated carbocycles. The Morgan fingerprint density at radius 3 is 3.00 bits per heavy atom. The van der Waals surface area contributed by atoms with Crippen LogP contribution in [0.2, 0.25) is 0 Å². The van der Waals surface area contributed by atoms with Crippen molar-refractivity contribution in [2.24, 2.45) is 17.8 Å². The summed E-state index contributed by atoms with van der Waals surface area (Å²) in [5, 5.41) is 0. The molecule has 22 heavy (non-hydrogen) atoms. The molecule has 1 aliphatic carbocycles. The van der Waals surface area contributed by atoms with E-state index in [9.17, 15) is 4.79 Å². The summed E-state index contributed by atoms with van der Waals surface area (Å²) in [6, 6.07) is 8.26. The summed E-state index contributed by atoms with van der Waals surface area (Å²) in [7, 11) is 0. The molecule has 3 atom stereocenters. The Morgan fingerprint density at radius 1 is 1.36 bits per heavy atom.